The number of halogens is 1. The summed E-state index contributed by atoms with van der Waals surface area (Å²) in [4.78, 5) is 59.2. The molecule has 244 valence electrons. The zero-order valence-corrected chi connectivity index (χ0v) is 28.7. The fourth-order valence-corrected chi connectivity index (χ4v) is 7.82. The largest absolute Gasteiger partial charge is 0.354 e. The van der Waals surface area contributed by atoms with Gasteiger partial charge in [0.25, 0.3) is 5.91 Å². The van der Waals surface area contributed by atoms with Crippen molar-refractivity contribution in [3.63, 3.8) is 0 Å². The van der Waals surface area contributed by atoms with E-state index in [4.69, 9.17) is 11.6 Å². The van der Waals surface area contributed by atoms with Crippen LogP contribution >= 0.6 is 11.6 Å². The van der Waals surface area contributed by atoms with Crippen molar-refractivity contribution in [1.82, 2.24) is 20.4 Å². The standard InChI is InChI=1S/C34H52ClN5O4/c1-9-37-32(44)38-19-26(22-10-12-23(35)13-11-22)27(20-38)30(42)40(8)21-25(18-28(40)29(41)36-7)39(31(43)33(2,3)4)24-14-16-34(5,6)17-15-24/h10-13,24-28H,9,14-21H2,1-8H3,(H-,36,37,41,44)/p+1/t25-,26-,27+,28-,40?/m0/s1. The molecule has 0 radical (unpaired) electrons. The number of nitrogens with zero attached hydrogens (tertiary/aromatic N) is 3. The maximum atomic E-state index is 14.9. The molecule has 0 bridgehead atoms. The average molecular weight is 631 g/mol. The summed E-state index contributed by atoms with van der Waals surface area (Å²) in [6, 6.07) is 6.45. The van der Waals surface area contributed by atoms with Crippen LogP contribution in [0.3, 0.4) is 0 Å². The number of hydrogen-bond donors (Lipinski definition) is 2. The normalized spacial score (nSPS) is 28.9. The Labute approximate surface area is 268 Å². The summed E-state index contributed by atoms with van der Waals surface area (Å²) in [7, 11) is 3.47. The third-order valence-corrected chi connectivity index (χ3v) is 10.6. The third kappa shape index (κ3) is 6.94. The lowest BCUT2D eigenvalue weighted by Gasteiger charge is -2.44. The molecular formula is C34H53ClN5O4+. The number of likely N-dealkylation sites (tertiary alicyclic amines) is 2. The number of carbonyl (C=O) groups excluding carboxylic acids is 4. The number of hydrogen-bond acceptors (Lipinski definition) is 4. The van der Waals surface area contributed by atoms with Gasteiger partial charge in [-0.2, -0.15) is 0 Å². The first-order valence-electron chi connectivity index (χ1n) is 16.2. The van der Waals surface area contributed by atoms with Crippen LogP contribution in [0.1, 0.15) is 85.1 Å². The highest BCUT2D eigenvalue weighted by atomic mass is 35.5. The van der Waals surface area contributed by atoms with Gasteiger partial charge in [0, 0.05) is 55.5 Å². The van der Waals surface area contributed by atoms with E-state index in [1.807, 2.05) is 59.0 Å². The Morgan fingerprint density at radius 3 is 2.20 bits per heavy atom. The quantitative estimate of drug-likeness (QED) is 0.442. The van der Waals surface area contributed by atoms with Gasteiger partial charge < -0.3 is 20.4 Å². The second-order valence-corrected chi connectivity index (χ2v) is 15.6. The number of rotatable bonds is 6. The minimum absolute atomic E-state index is 0.0687. The first-order chi connectivity index (χ1) is 20.5. The van der Waals surface area contributed by atoms with Gasteiger partial charge in [-0.05, 0) is 55.7 Å². The highest BCUT2D eigenvalue weighted by Gasteiger charge is 2.59. The third-order valence-electron chi connectivity index (χ3n) is 10.3. The number of benzene rings is 1. The van der Waals surface area contributed by atoms with Crippen molar-refractivity contribution in [3.05, 3.63) is 34.9 Å². The van der Waals surface area contributed by atoms with Crippen molar-refractivity contribution >= 4 is 35.4 Å². The van der Waals surface area contributed by atoms with Crippen molar-refractivity contribution in [1.29, 1.82) is 0 Å². The van der Waals surface area contributed by atoms with E-state index >= 15 is 0 Å². The van der Waals surface area contributed by atoms with Gasteiger partial charge in [0.05, 0.1) is 13.1 Å². The maximum Gasteiger partial charge on any atom is 0.319 e. The van der Waals surface area contributed by atoms with E-state index in [2.05, 4.69) is 29.4 Å². The van der Waals surface area contributed by atoms with E-state index in [0.29, 0.717) is 31.1 Å². The monoisotopic (exact) mass is 630 g/mol. The molecule has 1 aromatic rings. The molecule has 9 nitrogen and oxygen atoms in total. The Morgan fingerprint density at radius 1 is 1.05 bits per heavy atom. The van der Waals surface area contributed by atoms with Crippen molar-refractivity contribution in [3.8, 4) is 0 Å². The lowest BCUT2D eigenvalue weighted by atomic mass is 9.74. The van der Waals surface area contributed by atoms with Crippen molar-refractivity contribution in [2.75, 3.05) is 40.3 Å². The van der Waals surface area contributed by atoms with Gasteiger partial charge in [-0.3, -0.25) is 14.1 Å². The molecule has 1 aromatic carbocycles. The second-order valence-electron chi connectivity index (χ2n) is 15.2. The Balaban J connectivity index is 1.71. The molecule has 2 N–H and O–H groups in total. The van der Waals surface area contributed by atoms with Gasteiger partial charge in [0.2, 0.25) is 5.91 Å². The first kappa shape index (κ1) is 34.2. The summed E-state index contributed by atoms with van der Waals surface area (Å²) in [6.07, 6.45) is 4.31. The van der Waals surface area contributed by atoms with E-state index < -0.39 is 17.4 Å². The lowest BCUT2D eigenvalue weighted by Crippen LogP contribution is -2.61. The molecule has 2 aliphatic heterocycles. The van der Waals surface area contributed by atoms with Gasteiger partial charge in [-0.15, -0.1) is 0 Å². The van der Waals surface area contributed by atoms with Crippen molar-refractivity contribution in [2.45, 2.75) is 97.7 Å². The Bertz CT molecular complexity index is 1240. The Hall–Kier alpha value is -2.65. The molecule has 44 heavy (non-hydrogen) atoms. The molecule has 3 fully saturated rings. The molecule has 0 spiro atoms. The molecule has 4 rings (SSSR count). The van der Waals surface area contributed by atoms with Crippen LogP contribution in [0.5, 0.6) is 0 Å². The number of nitrogens with one attached hydrogen (secondary N) is 2. The topological polar surface area (TPSA) is 98.8 Å². The summed E-state index contributed by atoms with van der Waals surface area (Å²) >= 11 is 6.19. The summed E-state index contributed by atoms with van der Waals surface area (Å²) < 4.78 is -0.103. The molecule has 5 amide bonds. The highest BCUT2D eigenvalue weighted by Crippen LogP contribution is 2.43. The van der Waals surface area contributed by atoms with Gasteiger partial charge >= 0.3 is 11.9 Å². The van der Waals surface area contributed by atoms with Crippen LogP contribution in [-0.4, -0.2) is 96.4 Å². The Kier molecular flexibility index (Phi) is 10.1. The number of amides is 5. The predicted molar refractivity (Wildman–Crippen MR) is 173 cm³/mol. The SMILES string of the molecule is CCNC(=O)N1C[C@@H](C(=O)[N+]2(C)C[C@@H](N(C(=O)C(C)(C)C)C3CCC(C)(C)CC3)C[C@H]2C(=O)NC)[C@H](c2ccc(Cl)cc2)C1. The zero-order chi connectivity index (χ0) is 32.6. The van der Waals surface area contributed by atoms with E-state index in [9.17, 15) is 19.2 Å². The maximum absolute atomic E-state index is 14.9. The van der Waals surface area contributed by atoms with Crippen LogP contribution in [0.2, 0.25) is 5.02 Å². The fourth-order valence-electron chi connectivity index (χ4n) is 7.70. The summed E-state index contributed by atoms with van der Waals surface area (Å²) in [5, 5.41) is 6.29. The van der Waals surface area contributed by atoms with Crippen molar-refractivity contribution in [2.24, 2.45) is 16.7 Å². The van der Waals surface area contributed by atoms with Crippen molar-refractivity contribution < 1.29 is 23.7 Å². The molecule has 1 aliphatic carbocycles. The number of carbonyl (C=O) groups is 4. The summed E-state index contributed by atoms with van der Waals surface area (Å²) in [5.74, 6) is -0.948. The predicted octanol–water partition coefficient (Wildman–Crippen LogP) is 4.79. The van der Waals surface area contributed by atoms with Crippen LogP contribution in [0.25, 0.3) is 0 Å². The molecule has 5 atom stereocenters. The van der Waals surface area contributed by atoms with Crippen LogP contribution in [0.15, 0.2) is 24.3 Å². The van der Waals surface area contributed by atoms with E-state index in [0.717, 1.165) is 31.2 Å². The average Bonchev–Trinajstić information content (AvgIpc) is 3.56. The minimum Gasteiger partial charge on any atom is -0.354 e. The molecule has 0 aromatic heterocycles. The lowest BCUT2D eigenvalue weighted by molar-refractivity contribution is -0.840. The second kappa shape index (κ2) is 13.0. The molecule has 3 aliphatic rings. The van der Waals surface area contributed by atoms with Crippen LogP contribution in [0.4, 0.5) is 4.79 Å². The molecule has 1 saturated carbocycles. The van der Waals surface area contributed by atoms with E-state index in [-0.39, 0.29) is 58.2 Å². The number of likely N-dealkylation sites (N-methyl/N-ethyl adjacent to an activating group) is 2. The molecule has 2 heterocycles. The van der Waals surface area contributed by atoms with Crippen LogP contribution in [0, 0.1) is 16.7 Å². The van der Waals surface area contributed by atoms with Gasteiger partial charge in [-0.25, -0.2) is 9.59 Å². The zero-order valence-electron chi connectivity index (χ0n) is 27.9. The van der Waals surface area contributed by atoms with Gasteiger partial charge in [0.1, 0.15) is 12.5 Å². The minimum atomic E-state index is -0.641. The van der Waals surface area contributed by atoms with Crippen LogP contribution < -0.4 is 10.6 Å². The molecule has 1 unspecified atom stereocenters. The van der Waals surface area contributed by atoms with Gasteiger partial charge in [0.15, 0.2) is 6.04 Å². The number of urea groups is 1. The van der Waals surface area contributed by atoms with E-state index in [1.54, 1.807) is 11.9 Å². The fraction of sp³-hybridized carbons (Fsp3) is 0.706. The molecule has 2 saturated heterocycles. The Morgan fingerprint density at radius 2 is 1.66 bits per heavy atom. The molecule has 10 heteroatoms. The summed E-state index contributed by atoms with van der Waals surface area (Å²) in [5.41, 5.74) is 0.583. The first-order valence-corrected chi connectivity index (χ1v) is 16.6. The van der Waals surface area contributed by atoms with E-state index in [1.165, 1.54) is 0 Å². The number of quaternary nitrogens is 1. The van der Waals surface area contributed by atoms with Gasteiger partial charge in [-0.1, -0.05) is 58.4 Å². The summed E-state index contributed by atoms with van der Waals surface area (Å²) in [6.45, 7) is 13.8. The molecular weight excluding hydrogens is 578 g/mol. The smallest absolute Gasteiger partial charge is 0.319 e. The van der Waals surface area contributed by atoms with Crippen LogP contribution in [-0.2, 0) is 14.4 Å². The highest BCUT2D eigenvalue weighted by molar-refractivity contribution is 6.30.